The van der Waals surface area contributed by atoms with E-state index in [1.54, 1.807) is 17.3 Å². The molecule has 188 valence electrons. The minimum absolute atomic E-state index is 0.114. The molecule has 2 aliphatic rings. The lowest BCUT2D eigenvalue weighted by Crippen LogP contribution is -2.56. The van der Waals surface area contributed by atoms with Gasteiger partial charge in [0.2, 0.25) is 17.8 Å². The van der Waals surface area contributed by atoms with E-state index in [4.69, 9.17) is 0 Å². The van der Waals surface area contributed by atoms with Gasteiger partial charge in [-0.1, -0.05) is 6.92 Å². The SMILES string of the molecule is CCc1cnc(N2CC[C@H](N3CCCC(Nc4cc(F)c(S(C)(=O)=O)cc4F)C3=O)CC2=O)nc1. The number of carbonyl (C=O) groups excluding carboxylic acids is 2. The van der Waals surface area contributed by atoms with Gasteiger partial charge < -0.3 is 10.2 Å². The van der Waals surface area contributed by atoms with Crippen LogP contribution in [-0.4, -0.2) is 66.5 Å². The molecule has 9 nitrogen and oxygen atoms in total. The van der Waals surface area contributed by atoms with Gasteiger partial charge in [0, 0.05) is 50.3 Å². The number of sulfone groups is 1. The Morgan fingerprint density at radius 2 is 1.80 bits per heavy atom. The number of aryl methyl sites for hydroxylation is 1. The van der Waals surface area contributed by atoms with Gasteiger partial charge in [-0.15, -0.1) is 0 Å². The van der Waals surface area contributed by atoms with Crippen LogP contribution in [0.15, 0.2) is 29.4 Å². The van der Waals surface area contributed by atoms with Crippen LogP contribution in [0.4, 0.5) is 20.4 Å². The van der Waals surface area contributed by atoms with Gasteiger partial charge in [-0.3, -0.25) is 14.5 Å². The van der Waals surface area contributed by atoms with Crippen LogP contribution in [0.2, 0.25) is 0 Å². The third-order valence-electron chi connectivity index (χ3n) is 6.40. The van der Waals surface area contributed by atoms with Crippen molar-refractivity contribution >= 4 is 33.3 Å². The lowest BCUT2D eigenvalue weighted by Gasteiger charge is -2.41. The predicted octanol–water partition coefficient (Wildman–Crippen LogP) is 2.32. The number of amides is 2. The summed E-state index contributed by atoms with van der Waals surface area (Å²) in [5.74, 6) is -2.21. The first-order valence-electron chi connectivity index (χ1n) is 11.5. The summed E-state index contributed by atoms with van der Waals surface area (Å²) < 4.78 is 52.0. The number of likely N-dealkylation sites (tertiary alicyclic amines) is 1. The molecule has 2 aromatic rings. The number of nitrogens with one attached hydrogen (secondary N) is 1. The fourth-order valence-corrected chi connectivity index (χ4v) is 5.20. The lowest BCUT2D eigenvalue weighted by atomic mass is 9.96. The molecule has 0 radical (unpaired) electrons. The van der Waals surface area contributed by atoms with Gasteiger partial charge in [0.1, 0.15) is 22.6 Å². The fourth-order valence-electron chi connectivity index (χ4n) is 4.47. The average molecular weight is 508 g/mol. The highest BCUT2D eigenvalue weighted by Crippen LogP contribution is 2.28. The number of piperidine rings is 2. The molecular formula is C23H27F2N5O4S. The molecule has 1 aromatic carbocycles. The van der Waals surface area contributed by atoms with E-state index >= 15 is 0 Å². The van der Waals surface area contributed by atoms with Crippen molar-refractivity contribution in [3.63, 3.8) is 0 Å². The van der Waals surface area contributed by atoms with Crippen molar-refractivity contribution in [3.8, 4) is 0 Å². The Balaban J connectivity index is 1.44. The zero-order valence-corrected chi connectivity index (χ0v) is 20.3. The second kappa shape index (κ2) is 9.84. The highest BCUT2D eigenvalue weighted by molar-refractivity contribution is 7.90. The van der Waals surface area contributed by atoms with Crippen molar-refractivity contribution in [2.75, 3.05) is 29.6 Å². The first kappa shape index (κ1) is 25.0. The third kappa shape index (κ3) is 5.26. The number of benzene rings is 1. The van der Waals surface area contributed by atoms with Gasteiger partial charge in [-0.2, -0.15) is 0 Å². The molecule has 2 atom stereocenters. The van der Waals surface area contributed by atoms with Crippen LogP contribution < -0.4 is 10.2 Å². The Morgan fingerprint density at radius 3 is 2.43 bits per heavy atom. The first-order chi connectivity index (χ1) is 16.6. The summed E-state index contributed by atoms with van der Waals surface area (Å²) in [5, 5.41) is 2.73. The molecular weight excluding hydrogens is 480 g/mol. The Morgan fingerprint density at radius 1 is 1.09 bits per heavy atom. The van der Waals surface area contributed by atoms with Crippen LogP contribution in [0.3, 0.4) is 0 Å². The minimum Gasteiger partial charge on any atom is -0.371 e. The quantitative estimate of drug-likeness (QED) is 0.639. The van der Waals surface area contributed by atoms with Crippen molar-refractivity contribution in [2.45, 2.75) is 56.0 Å². The molecule has 35 heavy (non-hydrogen) atoms. The zero-order valence-electron chi connectivity index (χ0n) is 19.5. The number of hydrogen-bond acceptors (Lipinski definition) is 7. The maximum absolute atomic E-state index is 14.5. The normalized spacial score (nSPS) is 21.4. The van der Waals surface area contributed by atoms with E-state index in [0.29, 0.717) is 44.4 Å². The van der Waals surface area contributed by atoms with Crippen LogP contribution in [0.5, 0.6) is 0 Å². The van der Waals surface area contributed by atoms with Crippen LogP contribution in [0, 0.1) is 11.6 Å². The molecule has 2 fully saturated rings. The standard InChI is InChI=1S/C23H27F2N5O4S/c1-3-14-12-26-23(27-13-14)30-8-6-15(9-21(30)31)29-7-4-5-18(22(29)32)28-19-10-17(25)20(11-16(19)24)35(2,33)34/h10-13,15,18,28H,3-9H2,1-2H3/t15-,18?/m0/s1. The topological polar surface area (TPSA) is 113 Å². The Bertz CT molecular complexity index is 1240. The summed E-state index contributed by atoms with van der Waals surface area (Å²) in [6, 6.07) is 0.227. The summed E-state index contributed by atoms with van der Waals surface area (Å²) >= 11 is 0. The highest BCUT2D eigenvalue weighted by Gasteiger charge is 2.38. The number of aromatic nitrogens is 2. The molecule has 0 saturated carbocycles. The van der Waals surface area contributed by atoms with E-state index in [1.807, 2.05) is 6.92 Å². The molecule has 2 amide bonds. The van der Waals surface area contributed by atoms with Crippen molar-refractivity contribution in [2.24, 2.45) is 0 Å². The number of nitrogens with zero attached hydrogens (tertiary/aromatic N) is 4. The van der Waals surface area contributed by atoms with E-state index in [0.717, 1.165) is 24.3 Å². The van der Waals surface area contributed by atoms with Crippen molar-refractivity contribution in [3.05, 3.63) is 41.7 Å². The Labute approximate surface area is 202 Å². The summed E-state index contributed by atoms with van der Waals surface area (Å²) in [4.78, 5) is 37.0. The van der Waals surface area contributed by atoms with Gasteiger partial charge in [0.05, 0.1) is 5.69 Å². The number of rotatable bonds is 6. The maximum Gasteiger partial charge on any atom is 0.245 e. The second-order valence-corrected chi connectivity index (χ2v) is 10.8. The predicted molar refractivity (Wildman–Crippen MR) is 125 cm³/mol. The van der Waals surface area contributed by atoms with Crippen LogP contribution in [0.25, 0.3) is 0 Å². The zero-order chi connectivity index (χ0) is 25.3. The number of hydrogen-bond donors (Lipinski definition) is 1. The van der Waals surface area contributed by atoms with Gasteiger partial charge in [-0.05, 0) is 37.3 Å². The van der Waals surface area contributed by atoms with E-state index < -0.39 is 32.4 Å². The molecule has 2 aliphatic heterocycles. The summed E-state index contributed by atoms with van der Waals surface area (Å²) in [5.41, 5.74) is 0.685. The molecule has 3 heterocycles. The summed E-state index contributed by atoms with van der Waals surface area (Å²) in [6.07, 6.45) is 6.63. The van der Waals surface area contributed by atoms with Gasteiger partial charge in [-0.25, -0.2) is 27.2 Å². The average Bonchev–Trinajstić information content (AvgIpc) is 2.82. The molecule has 4 rings (SSSR count). The number of carbonyl (C=O) groups is 2. The fraction of sp³-hybridized carbons (Fsp3) is 0.478. The molecule has 0 bridgehead atoms. The van der Waals surface area contributed by atoms with E-state index in [2.05, 4.69) is 15.3 Å². The monoisotopic (exact) mass is 507 g/mol. The van der Waals surface area contributed by atoms with Gasteiger partial charge in [0.15, 0.2) is 9.84 Å². The van der Waals surface area contributed by atoms with E-state index in [-0.39, 0.29) is 30.0 Å². The van der Waals surface area contributed by atoms with E-state index in [1.165, 1.54) is 4.90 Å². The maximum atomic E-state index is 14.5. The highest BCUT2D eigenvalue weighted by atomic mass is 32.2. The van der Waals surface area contributed by atoms with Crippen molar-refractivity contribution in [1.29, 1.82) is 0 Å². The first-order valence-corrected chi connectivity index (χ1v) is 13.3. The molecule has 1 aromatic heterocycles. The van der Waals surface area contributed by atoms with Crippen molar-refractivity contribution in [1.82, 2.24) is 14.9 Å². The second-order valence-electron chi connectivity index (χ2n) is 8.84. The molecule has 0 spiro atoms. The number of halogens is 2. The van der Waals surface area contributed by atoms with E-state index in [9.17, 15) is 26.8 Å². The third-order valence-corrected chi connectivity index (χ3v) is 7.51. The van der Waals surface area contributed by atoms with Gasteiger partial charge in [0.25, 0.3) is 0 Å². The molecule has 1 N–H and O–H groups in total. The van der Waals surface area contributed by atoms with Gasteiger partial charge >= 0.3 is 0 Å². The summed E-state index contributed by atoms with van der Waals surface area (Å²) in [6.45, 7) is 2.81. The number of anilines is 2. The molecule has 2 saturated heterocycles. The van der Waals surface area contributed by atoms with Crippen molar-refractivity contribution < 1.29 is 26.8 Å². The largest absolute Gasteiger partial charge is 0.371 e. The van der Waals surface area contributed by atoms with Crippen LogP contribution >= 0.6 is 0 Å². The molecule has 1 unspecified atom stereocenters. The lowest BCUT2D eigenvalue weighted by molar-refractivity contribution is -0.138. The molecule has 0 aliphatic carbocycles. The molecule has 12 heteroatoms. The Hall–Kier alpha value is -3.15. The summed E-state index contributed by atoms with van der Waals surface area (Å²) in [7, 11) is -3.94. The van der Waals surface area contributed by atoms with Crippen LogP contribution in [0.1, 0.15) is 38.2 Å². The Kier molecular flexibility index (Phi) is 7.02. The van der Waals surface area contributed by atoms with Crippen LogP contribution in [-0.2, 0) is 25.8 Å². The minimum atomic E-state index is -3.94. The smallest absolute Gasteiger partial charge is 0.245 e.